The van der Waals surface area contributed by atoms with Crippen LogP contribution in [0.5, 0.6) is 0 Å². The second-order valence-electron chi connectivity index (χ2n) is 12.4. The molecule has 234 valence electrons. The summed E-state index contributed by atoms with van der Waals surface area (Å²) in [6.45, 7) is 0. The molecular formula is C45H27N3OS. The van der Waals surface area contributed by atoms with Gasteiger partial charge in [0.15, 0.2) is 17.5 Å². The van der Waals surface area contributed by atoms with E-state index in [0.29, 0.717) is 17.5 Å². The number of aromatic nitrogens is 3. The van der Waals surface area contributed by atoms with Crippen molar-refractivity contribution in [3.05, 3.63) is 164 Å². The summed E-state index contributed by atoms with van der Waals surface area (Å²) in [6.07, 6.45) is 0. The predicted octanol–water partition coefficient (Wildman–Crippen LogP) is 12.5. The molecule has 0 aliphatic heterocycles. The van der Waals surface area contributed by atoms with Crippen molar-refractivity contribution in [2.75, 3.05) is 0 Å². The van der Waals surface area contributed by atoms with Crippen molar-refractivity contribution in [3.63, 3.8) is 0 Å². The third kappa shape index (κ3) is 4.71. The number of furan rings is 1. The van der Waals surface area contributed by atoms with Gasteiger partial charge in [-0.2, -0.15) is 0 Å². The molecule has 0 saturated heterocycles. The summed E-state index contributed by atoms with van der Waals surface area (Å²) in [5.74, 6) is 1.86. The van der Waals surface area contributed by atoms with E-state index in [2.05, 4.69) is 91.0 Å². The maximum absolute atomic E-state index is 6.52. The molecule has 5 heteroatoms. The largest absolute Gasteiger partial charge is 0.456 e. The third-order valence-electron chi connectivity index (χ3n) is 9.35. The van der Waals surface area contributed by atoms with Crippen LogP contribution in [0.1, 0.15) is 0 Å². The molecule has 50 heavy (non-hydrogen) atoms. The van der Waals surface area contributed by atoms with Gasteiger partial charge >= 0.3 is 0 Å². The number of rotatable bonds is 5. The molecule has 10 rings (SSSR count). The van der Waals surface area contributed by atoms with Crippen LogP contribution in [0.25, 0.3) is 98.5 Å². The Kier molecular flexibility index (Phi) is 6.64. The molecule has 0 N–H and O–H groups in total. The van der Waals surface area contributed by atoms with Crippen LogP contribution in [0.4, 0.5) is 0 Å². The quantitative estimate of drug-likeness (QED) is 0.185. The lowest BCUT2D eigenvalue weighted by Gasteiger charge is -2.13. The Morgan fingerprint density at radius 3 is 1.74 bits per heavy atom. The van der Waals surface area contributed by atoms with Gasteiger partial charge in [0.1, 0.15) is 11.2 Å². The van der Waals surface area contributed by atoms with Crippen molar-refractivity contribution >= 4 is 53.4 Å². The monoisotopic (exact) mass is 657 g/mol. The predicted molar refractivity (Wildman–Crippen MR) is 207 cm³/mol. The molecule has 0 spiro atoms. The lowest BCUT2D eigenvalue weighted by molar-refractivity contribution is 0.669. The first-order chi connectivity index (χ1) is 24.8. The van der Waals surface area contributed by atoms with Crippen molar-refractivity contribution < 1.29 is 4.42 Å². The highest BCUT2D eigenvalue weighted by Crippen LogP contribution is 2.46. The normalized spacial score (nSPS) is 11.6. The van der Waals surface area contributed by atoms with Crippen molar-refractivity contribution in [2.45, 2.75) is 0 Å². The summed E-state index contributed by atoms with van der Waals surface area (Å²) in [5.41, 5.74) is 9.12. The van der Waals surface area contributed by atoms with Gasteiger partial charge in [0.05, 0.1) is 0 Å². The third-order valence-corrected chi connectivity index (χ3v) is 10.5. The van der Waals surface area contributed by atoms with E-state index in [9.17, 15) is 0 Å². The average molecular weight is 658 g/mol. The van der Waals surface area contributed by atoms with E-state index in [0.717, 1.165) is 44.2 Å². The van der Waals surface area contributed by atoms with Gasteiger partial charge in [-0.3, -0.25) is 0 Å². The fourth-order valence-electron chi connectivity index (χ4n) is 7.07. The summed E-state index contributed by atoms with van der Waals surface area (Å²) in [6, 6.07) is 56.8. The minimum atomic E-state index is 0.604. The van der Waals surface area contributed by atoms with Gasteiger partial charge in [0.25, 0.3) is 0 Å². The first kappa shape index (κ1) is 28.6. The fraction of sp³-hybridized carbons (Fsp3) is 0. The van der Waals surface area contributed by atoms with E-state index >= 15 is 0 Å². The van der Waals surface area contributed by atoms with Crippen molar-refractivity contribution in [1.29, 1.82) is 0 Å². The molecule has 0 radical (unpaired) electrons. The standard InChI is InChI=1S/C45H27N3OS/c1-4-13-28(14-5-1)32-24-26-39-42(33-19-10-11-22-38(33)50-39)40(32)31-23-25-36-35(27-31)41-34(20-12-21-37(41)49-36)45-47-43(29-15-6-2-7-16-29)46-44(48-45)30-17-8-3-9-18-30/h1-27H. The molecule has 0 atom stereocenters. The van der Waals surface area contributed by atoms with E-state index in [1.54, 1.807) is 0 Å². The second kappa shape index (κ2) is 11.6. The SMILES string of the molecule is c1ccc(-c2nc(-c3ccccc3)nc(-c3cccc4oc5ccc(-c6c(-c7ccccc7)ccc7sc8ccccc8c67)cc5c34)n2)cc1. The Balaban J connectivity index is 1.25. The molecule has 3 heterocycles. The zero-order valence-electron chi connectivity index (χ0n) is 26.7. The number of thiophene rings is 1. The van der Waals surface area contributed by atoms with Crippen LogP contribution in [0, 0.1) is 0 Å². The zero-order chi connectivity index (χ0) is 33.0. The molecule has 10 aromatic rings. The van der Waals surface area contributed by atoms with Gasteiger partial charge in [-0.1, -0.05) is 133 Å². The van der Waals surface area contributed by atoms with Crippen LogP contribution in [-0.2, 0) is 0 Å². The molecule has 0 saturated carbocycles. The molecule has 4 nitrogen and oxygen atoms in total. The Labute approximate surface area is 292 Å². The topological polar surface area (TPSA) is 51.8 Å². The van der Waals surface area contributed by atoms with Crippen molar-refractivity contribution in [1.82, 2.24) is 15.0 Å². The summed E-state index contributed by atoms with van der Waals surface area (Å²) in [5, 5.41) is 4.55. The van der Waals surface area contributed by atoms with Crippen LogP contribution in [0.3, 0.4) is 0 Å². The minimum Gasteiger partial charge on any atom is -0.456 e. The minimum absolute atomic E-state index is 0.604. The van der Waals surface area contributed by atoms with Gasteiger partial charge in [0, 0.05) is 47.6 Å². The number of hydrogen-bond donors (Lipinski definition) is 0. The van der Waals surface area contributed by atoms with Crippen LogP contribution >= 0.6 is 11.3 Å². The van der Waals surface area contributed by atoms with E-state index in [1.807, 2.05) is 84.1 Å². The van der Waals surface area contributed by atoms with Crippen LogP contribution in [-0.4, -0.2) is 15.0 Å². The molecule has 0 aliphatic carbocycles. The summed E-state index contributed by atoms with van der Waals surface area (Å²) in [4.78, 5) is 15.1. The summed E-state index contributed by atoms with van der Waals surface area (Å²) >= 11 is 1.84. The molecule has 7 aromatic carbocycles. The molecule has 0 fully saturated rings. The Morgan fingerprint density at radius 1 is 0.380 bits per heavy atom. The number of benzene rings is 7. The van der Waals surface area contributed by atoms with Gasteiger partial charge in [0.2, 0.25) is 0 Å². The highest BCUT2D eigenvalue weighted by molar-refractivity contribution is 7.26. The maximum atomic E-state index is 6.52. The first-order valence-electron chi connectivity index (χ1n) is 16.6. The van der Waals surface area contributed by atoms with Crippen molar-refractivity contribution in [2.24, 2.45) is 0 Å². The lowest BCUT2D eigenvalue weighted by Crippen LogP contribution is -2.00. The molecule has 0 unspecified atom stereocenters. The zero-order valence-corrected chi connectivity index (χ0v) is 27.6. The molecule has 0 bridgehead atoms. The lowest BCUT2D eigenvalue weighted by atomic mass is 9.90. The Morgan fingerprint density at radius 2 is 1.02 bits per heavy atom. The Bertz CT molecular complexity index is 2800. The van der Waals surface area contributed by atoms with E-state index in [-0.39, 0.29) is 0 Å². The average Bonchev–Trinajstić information content (AvgIpc) is 3.76. The number of nitrogens with zero attached hydrogens (tertiary/aromatic N) is 3. The van der Waals surface area contributed by atoms with Gasteiger partial charge in [-0.25, -0.2) is 15.0 Å². The fourth-order valence-corrected chi connectivity index (χ4v) is 8.19. The maximum Gasteiger partial charge on any atom is 0.164 e. The van der Waals surface area contributed by atoms with Crippen LogP contribution < -0.4 is 0 Å². The van der Waals surface area contributed by atoms with Gasteiger partial charge in [-0.05, 0) is 52.6 Å². The molecule has 0 amide bonds. The van der Waals surface area contributed by atoms with Gasteiger partial charge in [-0.15, -0.1) is 11.3 Å². The van der Waals surface area contributed by atoms with Crippen LogP contribution in [0.2, 0.25) is 0 Å². The number of fused-ring (bicyclic) bond motifs is 6. The van der Waals surface area contributed by atoms with E-state index in [1.165, 1.54) is 36.9 Å². The number of hydrogen-bond acceptors (Lipinski definition) is 5. The second-order valence-corrected chi connectivity index (χ2v) is 13.4. The van der Waals surface area contributed by atoms with Gasteiger partial charge < -0.3 is 4.42 Å². The highest BCUT2D eigenvalue weighted by atomic mass is 32.1. The molecule has 0 aliphatic rings. The summed E-state index contributed by atoms with van der Waals surface area (Å²) in [7, 11) is 0. The highest BCUT2D eigenvalue weighted by Gasteiger charge is 2.21. The smallest absolute Gasteiger partial charge is 0.164 e. The molecular weight excluding hydrogens is 631 g/mol. The first-order valence-corrected chi connectivity index (χ1v) is 17.4. The van der Waals surface area contributed by atoms with Crippen LogP contribution in [0.15, 0.2) is 168 Å². The van der Waals surface area contributed by atoms with E-state index in [4.69, 9.17) is 19.4 Å². The molecule has 3 aromatic heterocycles. The van der Waals surface area contributed by atoms with E-state index < -0.39 is 0 Å². The Hall–Kier alpha value is -6.43. The van der Waals surface area contributed by atoms with Crippen molar-refractivity contribution in [3.8, 4) is 56.4 Å². The summed E-state index contributed by atoms with van der Waals surface area (Å²) < 4.78 is 9.07.